The summed E-state index contributed by atoms with van der Waals surface area (Å²) >= 11 is 0. The Morgan fingerprint density at radius 2 is 1.59 bits per heavy atom. The van der Waals surface area contributed by atoms with E-state index in [2.05, 4.69) is 17.4 Å². The largest absolute Gasteiger partial charge is 0.378 e. The van der Waals surface area contributed by atoms with Crippen LogP contribution >= 0.6 is 0 Å². The third-order valence-corrected chi connectivity index (χ3v) is 6.03. The van der Waals surface area contributed by atoms with E-state index < -0.39 is 0 Å². The summed E-state index contributed by atoms with van der Waals surface area (Å²) in [4.78, 5) is 21.8. The molecule has 0 amide bonds. The van der Waals surface area contributed by atoms with Gasteiger partial charge in [-0.05, 0) is 40.7 Å². The van der Waals surface area contributed by atoms with Gasteiger partial charge in [-0.25, -0.2) is 0 Å². The Kier molecular flexibility index (Phi) is 3.84. The molecule has 1 N–H and O–H groups in total. The lowest BCUT2D eigenvalue weighted by atomic mass is 9.75. The number of rotatable bonds is 3. The van der Waals surface area contributed by atoms with Gasteiger partial charge in [-0.15, -0.1) is 0 Å². The molecular weight excluding hydrogens is 370 g/mol. The molecule has 2 aliphatic rings. The second-order valence-electron chi connectivity index (χ2n) is 7.55. The summed E-state index contributed by atoms with van der Waals surface area (Å²) in [6.07, 6.45) is 0.809. The van der Waals surface area contributed by atoms with Crippen LogP contribution in [0.5, 0.6) is 0 Å². The number of fused-ring (bicyclic) bond motifs is 5. The molecule has 1 aliphatic heterocycles. The predicted molar refractivity (Wildman–Crippen MR) is 108 cm³/mol. The first-order valence-electron chi connectivity index (χ1n) is 9.40. The van der Waals surface area contributed by atoms with Crippen LogP contribution in [-0.4, -0.2) is 9.85 Å². The van der Waals surface area contributed by atoms with Crippen LogP contribution in [0.2, 0.25) is 0 Å². The van der Waals surface area contributed by atoms with Crippen molar-refractivity contribution in [1.82, 2.24) is 0 Å². The quantitative estimate of drug-likeness (QED) is 0.505. The van der Waals surface area contributed by atoms with E-state index in [1.165, 1.54) is 23.3 Å². The summed E-state index contributed by atoms with van der Waals surface area (Å²) in [7, 11) is 0. The number of nitro benzene ring substituents is 2. The molecule has 5 rings (SSSR count). The monoisotopic (exact) mass is 387 g/mol. The Hall–Kier alpha value is -3.74. The van der Waals surface area contributed by atoms with Gasteiger partial charge in [0.1, 0.15) is 0 Å². The van der Waals surface area contributed by atoms with Crippen LogP contribution in [0.3, 0.4) is 0 Å². The van der Waals surface area contributed by atoms with Crippen molar-refractivity contribution in [2.45, 2.75) is 18.4 Å². The maximum atomic E-state index is 11.3. The fraction of sp³-hybridized carbons (Fsp3) is 0.182. The average Bonchev–Trinajstić information content (AvgIpc) is 3.12. The van der Waals surface area contributed by atoms with Gasteiger partial charge in [0.25, 0.3) is 11.4 Å². The zero-order chi connectivity index (χ0) is 20.1. The topological polar surface area (TPSA) is 98.3 Å². The second-order valence-corrected chi connectivity index (χ2v) is 7.55. The molecular formula is C22H17N3O4. The minimum Gasteiger partial charge on any atom is -0.378 e. The number of benzene rings is 3. The Morgan fingerprint density at radius 1 is 0.828 bits per heavy atom. The highest BCUT2D eigenvalue weighted by Gasteiger charge is 2.44. The van der Waals surface area contributed by atoms with E-state index in [1.807, 2.05) is 18.2 Å². The highest BCUT2D eigenvalue weighted by molar-refractivity contribution is 5.65. The van der Waals surface area contributed by atoms with E-state index in [0.717, 1.165) is 23.2 Å². The minimum absolute atomic E-state index is 0.00612. The fourth-order valence-corrected chi connectivity index (χ4v) is 4.82. The number of hydrogen-bond acceptors (Lipinski definition) is 5. The normalized spacial score (nSPS) is 21.4. The summed E-state index contributed by atoms with van der Waals surface area (Å²) in [5, 5.41) is 26.1. The number of non-ortho nitro benzene ring substituents is 2. The Morgan fingerprint density at radius 3 is 2.38 bits per heavy atom. The number of nitrogens with one attached hydrogen (secondary N) is 1. The summed E-state index contributed by atoms with van der Waals surface area (Å²) in [5.41, 5.74) is 5.13. The van der Waals surface area contributed by atoms with Gasteiger partial charge in [-0.2, -0.15) is 0 Å². The van der Waals surface area contributed by atoms with Gasteiger partial charge in [0, 0.05) is 35.9 Å². The molecule has 1 heterocycles. The molecule has 0 aromatic heterocycles. The minimum atomic E-state index is -0.384. The molecule has 0 spiro atoms. The molecule has 3 atom stereocenters. The summed E-state index contributed by atoms with van der Waals surface area (Å²) in [6, 6.07) is 19.7. The van der Waals surface area contributed by atoms with Crippen molar-refractivity contribution in [3.8, 4) is 0 Å². The summed E-state index contributed by atoms with van der Waals surface area (Å²) in [6.45, 7) is 0. The van der Waals surface area contributed by atoms with E-state index in [0.29, 0.717) is 0 Å². The first-order valence-corrected chi connectivity index (χ1v) is 9.40. The highest BCUT2D eigenvalue weighted by Crippen LogP contribution is 2.54. The molecule has 7 nitrogen and oxygen atoms in total. The molecule has 0 fully saturated rings. The number of nitro groups is 2. The standard InChI is InChI=1S/C22H17N3O4/c26-24(27)15-6-3-5-14(10-15)22-19-11-13-4-1-2-7-17(13)21(19)18-12-16(25(28)29)8-9-20(18)23-22/h1-10,12,19,21-23H,11H2/t19-,21+,22-/m0/s1. The first-order chi connectivity index (χ1) is 14.0. The van der Waals surface area contributed by atoms with Crippen LogP contribution in [0.4, 0.5) is 17.1 Å². The summed E-state index contributed by atoms with van der Waals surface area (Å²) in [5.74, 6) is 0.121. The third-order valence-electron chi connectivity index (χ3n) is 6.03. The van der Waals surface area contributed by atoms with Gasteiger partial charge in [0.2, 0.25) is 0 Å². The maximum Gasteiger partial charge on any atom is 0.269 e. The van der Waals surface area contributed by atoms with E-state index in [9.17, 15) is 20.2 Å². The SMILES string of the molecule is O=[N+]([O-])c1cccc([C@@H]2Nc3ccc([N+](=O)[O-])cc3[C@H]3c4ccccc4C[C@@H]32)c1. The van der Waals surface area contributed by atoms with Crippen LogP contribution in [0.25, 0.3) is 0 Å². The van der Waals surface area contributed by atoms with Gasteiger partial charge in [-0.3, -0.25) is 20.2 Å². The van der Waals surface area contributed by atoms with Gasteiger partial charge in [0.15, 0.2) is 0 Å². The van der Waals surface area contributed by atoms with Crippen LogP contribution in [-0.2, 0) is 6.42 Å². The van der Waals surface area contributed by atoms with Crippen molar-refractivity contribution in [1.29, 1.82) is 0 Å². The molecule has 0 bridgehead atoms. The molecule has 29 heavy (non-hydrogen) atoms. The van der Waals surface area contributed by atoms with E-state index in [-0.39, 0.29) is 39.1 Å². The van der Waals surface area contributed by atoms with Crippen LogP contribution < -0.4 is 5.32 Å². The Bertz CT molecular complexity index is 1160. The van der Waals surface area contributed by atoms with E-state index >= 15 is 0 Å². The molecule has 7 heteroatoms. The Balaban J connectivity index is 1.67. The lowest BCUT2D eigenvalue weighted by Crippen LogP contribution is -2.30. The zero-order valence-electron chi connectivity index (χ0n) is 15.3. The van der Waals surface area contributed by atoms with Crippen molar-refractivity contribution >= 4 is 17.1 Å². The maximum absolute atomic E-state index is 11.3. The van der Waals surface area contributed by atoms with Crippen LogP contribution in [0, 0.1) is 26.1 Å². The van der Waals surface area contributed by atoms with Crippen molar-refractivity contribution in [2.75, 3.05) is 5.32 Å². The Labute approximate surface area is 166 Å². The molecule has 0 unspecified atom stereocenters. The van der Waals surface area contributed by atoms with E-state index in [4.69, 9.17) is 0 Å². The summed E-state index contributed by atoms with van der Waals surface area (Å²) < 4.78 is 0. The van der Waals surface area contributed by atoms with Crippen molar-refractivity contribution in [2.24, 2.45) is 5.92 Å². The van der Waals surface area contributed by atoms with Gasteiger partial charge in [-0.1, -0.05) is 36.4 Å². The first kappa shape index (κ1) is 17.4. The van der Waals surface area contributed by atoms with Gasteiger partial charge < -0.3 is 5.32 Å². The molecule has 144 valence electrons. The smallest absolute Gasteiger partial charge is 0.269 e. The van der Waals surface area contributed by atoms with E-state index in [1.54, 1.807) is 24.3 Å². The van der Waals surface area contributed by atoms with Crippen LogP contribution in [0.15, 0.2) is 66.7 Å². The molecule has 1 aliphatic carbocycles. The van der Waals surface area contributed by atoms with Crippen LogP contribution in [0.1, 0.15) is 34.2 Å². The third kappa shape index (κ3) is 2.74. The lowest BCUT2D eigenvalue weighted by molar-refractivity contribution is -0.385. The molecule has 3 aromatic rings. The fourth-order valence-electron chi connectivity index (χ4n) is 4.82. The predicted octanol–water partition coefficient (Wildman–Crippen LogP) is 4.97. The lowest BCUT2D eigenvalue weighted by Gasteiger charge is -2.37. The molecule has 3 aromatic carbocycles. The number of anilines is 1. The second kappa shape index (κ2) is 6.41. The number of hydrogen-bond donors (Lipinski definition) is 1. The van der Waals surface area contributed by atoms with Crippen molar-refractivity contribution in [3.63, 3.8) is 0 Å². The molecule has 0 radical (unpaired) electrons. The highest BCUT2D eigenvalue weighted by atomic mass is 16.6. The van der Waals surface area contributed by atoms with Gasteiger partial charge in [0.05, 0.1) is 15.9 Å². The van der Waals surface area contributed by atoms with Crippen molar-refractivity contribution in [3.05, 3.63) is 109 Å². The van der Waals surface area contributed by atoms with Gasteiger partial charge >= 0.3 is 0 Å². The number of nitrogens with zero attached hydrogens (tertiary/aromatic N) is 2. The molecule has 0 saturated heterocycles. The molecule has 0 saturated carbocycles. The average molecular weight is 387 g/mol. The van der Waals surface area contributed by atoms with Crippen molar-refractivity contribution < 1.29 is 9.85 Å². The zero-order valence-corrected chi connectivity index (χ0v) is 15.3.